The van der Waals surface area contributed by atoms with Gasteiger partial charge in [0.25, 0.3) is 0 Å². The van der Waals surface area contributed by atoms with Crippen LogP contribution in [-0.2, 0) is 19.9 Å². The molecule has 1 aromatic heterocycles. The third-order valence-corrected chi connectivity index (χ3v) is 3.75. The Morgan fingerprint density at radius 2 is 2.25 bits per heavy atom. The first-order valence-corrected chi connectivity index (χ1v) is 6.99. The zero-order valence-corrected chi connectivity index (χ0v) is 11.6. The van der Waals surface area contributed by atoms with E-state index in [0.29, 0.717) is 13.0 Å². The van der Waals surface area contributed by atoms with Gasteiger partial charge in [0, 0.05) is 37.8 Å². The summed E-state index contributed by atoms with van der Waals surface area (Å²) < 4.78 is 7.73. The number of ketones is 1. The number of Topliss-reactive ketones (excluding diaryl/α,β-unsaturated/α-hetero) is 1. The van der Waals surface area contributed by atoms with Crippen molar-refractivity contribution in [2.45, 2.75) is 25.7 Å². The van der Waals surface area contributed by atoms with Gasteiger partial charge in [0.05, 0.1) is 6.61 Å². The molecule has 2 aromatic rings. The second-order valence-electron chi connectivity index (χ2n) is 5.15. The van der Waals surface area contributed by atoms with Crippen LogP contribution in [0.1, 0.15) is 34.6 Å². The molecule has 4 heteroatoms. The van der Waals surface area contributed by atoms with E-state index in [1.807, 2.05) is 36.0 Å². The Morgan fingerprint density at radius 1 is 1.35 bits per heavy atom. The summed E-state index contributed by atoms with van der Waals surface area (Å²) in [6, 6.07) is 5.85. The second kappa shape index (κ2) is 5.49. The number of hydrogen-bond donors (Lipinski definition) is 0. The van der Waals surface area contributed by atoms with E-state index < -0.39 is 0 Å². The van der Waals surface area contributed by atoms with Gasteiger partial charge in [-0.15, -0.1) is 0 Å². The molecule has 0 aliphatic heterocycles. The highest BCUT2D eigenvalue weighted by Crippen LogP contribution is 2.25. The molecule has 0 spiro atoms. The lowest BCUT2D eigenvalue weighted by Crippen LogP contribution is -2.11. The van der Waals surface area contributed by atoms with Gasteiger partial charge >= 0.3 is 0 Å². The van der Waals surface area contributed by atoms with E-state index in [-0.39, 0.29) is 5.78 Å². The summed E-state index contributed by atoms with van der Waals surface area (Å²) in [5.41, 5.74) is 1.99. The quantitative estimate of drug-likeness (QED) is 0.857. The Bertz CT molecular complexity index is 631. The average molecular weight is 270 g/mol. The number of imidazole rings is 1. The molecule has 3 rings (SSSR count). The van der Waals surface area contributed by atoms with Crippen molar-refractivity contribution in [1.29, 1.82) is 0 Å². The number of carbonyl (C=O) groups is 1. The monoisotopic (exact) mass is 270 g/mol. The molecule has 1 aromatic carbocycles. The van der Waals surface area contributed by atoms with Crippen LogP contribution >= 0.6 is 0 Å². The summed E-state index contributed by atoms with van der Waals surface area (Å²) in [5, 5.41) is 0. The minimum absolute atomic E-state index is 0.237. The molecule has 0 fully saturated rings. The Hall–Kier alpha value is -2.10. The Balaban J connectivity index is 1.65. The number of hydrogen-bond acceptors (Lipinski definition) is 3. The Morgan fingerprint density at radius 3 is 3.05 bits per heavy atom. The van der Waals surface area contributed by atoms with Gasteiger partial charge in [-0.25, -0.2) is 4.98 Å². The summed E-state index contributed by atoms with van der Waals surface area (Å²) in [4.78, 5) is 16.1. The number of ether oxygens (including phenoxy) is 1. The van der Waals surface area contributed by atoms with Gasteiger partial charge < -0.3 is 9.30 Å². The average Bonchev–Trinajstić information content (AvgIpc) is 2.85. The van der Waals surface area contributed by atoms with Crippen LogP contribution in [0.25, 0.3) is 0 Å². The molecule has 1 aliphatic rings. The summed E-state index contributed by atoms with van der Waals surface area (Å²) in [6.07, 6.45) is 7.08. The molecule has 1 heterocycles. The smallest absolute Gasteiger partial charge is 0.163 e. The van der Waals surface area contributed by atoms with Crippen molar-refractivity contribution < 1.29 is 9.53 Å². The third-order valence-electron chi connectivity index (χ3n) is 3.75. The van der Waals surface area contributed by atoms with Crippen LogP contribution in [0.4, 0.5) is 0 Å². The van der Waals surface area contributed by atoms with Crippen LogP contribution in [0.15, 0.2) is 30.6 Å². The minimum Gasteiger partial charge on any atom is -0.493 e. The zero-order valence-electron chi connectivity index (χ0n) is 11.6. The van der Waals surface area contributed by atoms with Crippen molar-refractivity contribution in [2.24, 2.45) is 7.05 Å². The fourth-order valence-electron chi connectivity index (χ4n) is 2.59. The van der Waals surface area contributed by atoms with Crippen molar-refractivity contribution in [2.75, 3.05) is 6.61 Å². The highest BCUT2D eigenvalue weighted by atomic mass is 16.5. The maximum absolute atomic E-state index is 11.9. The molecule has 0 bridgehead atoms. The molecular formula is C16H18N2O2. The molecular weight excluding hydrogens is 252 g/mol. The molecule has 4 nitrogen and oxygen atoms in total. The zero-order chi connectivity index (χ0) is 13.9. The van der Waals surface area contributed by atoms with Crippen molar-refractivity contribution in [3.8, 4) is 5.75 Å². The van der Waals surface area contributed by atoms with Gasteiger partial charge in [-0.3, -0.25) is 4.79 Å². The van der Waals surface area contributed by atoms with E-state index in [0.717, 1.165) is 42.0 Å². The third kappa shape index (κ3) is 2.59. The van der Waals surface area contributed by atoms with Crippen molar-refractivity contribution in [3.63, 3.8) is 0 Å². The van der Waals surface area contributed by atoms with Gasteiger partial charge in [0.15, 0.2) is 5.78 Å². The van der Waals surface area contributed by atoms with Crippen molar-refractivity contribution >= 4 is 5.78 Å². The van der Waals surface area contributed by atoms with Crippen LogP contribution in [0, 0.1) is 0 Å². The van der Waals surface area contributed by atoms with Crippen LogP contribution in [0.3, 0.4) is 0 Å². The summed E-state index contributed by atoms with van der Waals surface area (Å²) in [5.74, 6) is 2.01. The second-order valence-corrected chi connectivity index (χ2v) is 5.15. The largest absolute Gasteiger partial charge is 0.493 e. The minimum atomic E-state index is 0.237. The normalized spacial score (nSPS) is 14.2. The van der Waals surface area contributed by atoms with E-state index in [2.05, 4.69) is 4.98 Å². The van der Waals surface area contributed by atoms with Crippen molar-refractivity contribution in [3.05, 3.63) is 47.5 Å². The topological polar surface area (TPSA) is 44.1 Å². The van der Waals surface area contributed by atoms with Crippen LogP contribution in [-0.4, -0.2) is 21.9 Å². The predicted molar refractivity (Wildman–Crippen MR) is 76.1 cm³/mol. The Labute approximate surface area is 118 Å². The molecule has 20 heavy (non-hydrogen) atoms. The van der Waals surface area contributed by atoms with Crippen LogP contribution in [0.5, 0.6) is 5.75 Å². The highest BCUT2D eigenvalue weighted by Gasteiger charge is 2.17. The number of aromatic nitrogens is 2. The fraction of sp³-hybridized carbons (Fsp3) is 0.375. The molecule has 0 unspecified atom stereocenters. The molecule has 0 saturated carbocycles. The fourth-order valence-corrected chi connectivity index (χ4v) is 2.59. The predicted octanol–water partition coefficient (Wildman–Crippen LogP) is 2.56. The van der Waals surface area contributed by atoms with E-state index >= 15 is 0 Å². The van der Waals surface area contributed by atoms with Crippen LogP contribution < -0.4 is 4.74 Å². The van der Waals surface area contributed by atoms with Gasteiger partial charge in [-0.1, -0.05) is 6.07 Å². The van der Waals surface area contributed by atoms with E-state index in [4.69, 9.17) is 4.74 Å². The number of nitrogens with zero attached hydrogens (tertiary/aromatic N) is 2. The maximum Gasteiger partial charge on any atom is 0.163 e. The standard InChI is InChI=1S/C16H18N2O2/c1-18-9-8-17-16(18)7-10-20-13-6-5-12-3-2-4-15(19)14(12)11-13/h5-6,8-9,11H,2-4,7,10H2,1H3. The highest BCUT2D eigenvalue weighted by molar-refractivity contribution is 5.98. The number of rotatable bonds is 4. The SMILES string of the molecule is Cn1ccnc1CCOc1ccc2c(c1)C(=O)CCC2. The first-order chi connectivity index (χ1) is 9.74. The number of carbonyl (C=O) groups excluding carboxylic acids is 1. The molecule has 0 radical (unpaired) electrons. The lowest BCUT2D eigenvalue weighted by atomic mass is 9.90. The maximum atomic E-state index is 11.9. The lowest BCUT2D eigenvalue weighted by Gasteiger charge is -2.15. The number of benzene rings is 1. The molecule has 1 aliphatic carbocycles. The van der Waals surface area contributed by atoms with Gasteiger partial charge in [0.1, 0.15) is 11.6 Å². The Kier molecular flexibility index (Phi) is 3.54. The van der Waals surface area contributed by atoms with Gasteiger partial charge in [-0.05, 0) is 30.5 Å². The van der Waals surface area contributed by atoms with Gasteiger partial charge in [0.2, 0.25) is 0 Å². The summed E-state index contributed by atoms with van der Waals surface area (Å²) in [7, 11) is 1.97. The van der Waals surface area contributed by atoms with E-state index in [1.165, 1.54) is 0 Å². The summed E-state index contributed by atoms with van der Waals surface area (Å²) in [6.45, 7) is 0.567. The molecule has 0 N–H and O–H groups in total. The molecule has 0 atom stereocenters. The molecule has 104 valence electrons. The first-order valence-electron chi connectivity index (χ1n) is 6.99. The van der Waals surface area contributed by atoms with Crippen LogP contribution in [0.2, 0.25) is 0 Å². The van der Waals surface area contributed by atoms with E-state index in [1.54, 1.807) is 6.20 Å². The molecule has 0 saturated heterocycles. The summed E-state index contributed by atoms with van der Waals surface area (Å²) >= 11 is 0. The number of fused-ring (bicyclic) bond motifs is 1. The molecule has 0 amide bonds. The first kappa shape index (κ1) is 12.9. The number of aryl methyl sites for hydroxylation is 2. The lowest BCUT2D eigenvalue weighted by molar-refractivity contribution is 0.0972. The van der Waals surface area contributed by atoms with E-state index in [9.17, 15) is 4.79 Å². The van der Waals surface area contributed by atoms with Gasteiger partial charge in [-0.2, -0.15) is 0 Å². The van der Waals surface area contributed by atoms with Crippen molar-refractivity contribution in [1.82, 2.24) is 9.55 Å².